The Kier molecular flexibility index (Phi) is 7.00. The van der Waals surface area contributed by atoms with Crippen molar-refractivity contribution in [1.82, 2.24) is 0 Å². The molecule has 0 aliphatic heterocycles. The van der Waals surface area contributed by atoms with Crippen LogP contribution >= 0.6 is 0 Å². The summed E-state index contributed by atoms with van der Waals surface area (Å²) in [5.41, 5.74) is 0. The summed E-state index contributed by atoms with van der Waals surface area (Å²) in [5.74, 6) is -0.307. The van der Waals surface area contributed by atoms with Crippen molar-refractivity contribution in [1.29, 1.82) is 5.26 Å². The molecule has 0 bridgehead atoms. The number of hydrogen-bond donors (Lipinski definition) is 0. The second kappa shape index (κ2) is 7.43. The van der Waals surface area contributed by atoms with Crippen LogP contribution in [0.15, 0.2) is 0 Å². The molecular weight excluding hydrogens is 210 g/mol. The fraction of sp³-hybridized carbons (Fsp3) is 0.800. The third-order valence-corrected chi connectivity index (χ3v) is 4.44. The Morgan fingerprint density at radius 3 is 2.67 bits per heavy atom. The molecule has 0 unspecified atom stereocenters. The molecule has 0 spiro atoms. The zero-order valence-electron chi connectivity index (χ0n) is 9.71. The van der Waals surface area contributed by atoms with Gasteiger partial charge in [0.1, 0.15) is 6.61 Å². The first-order valence-corrected chi connectivity index (χ1v) is 8.30. The van der Waals surface area contributed by atoms with Gasteiger partial charge >= 0.3 is 5.97 Å². The minimum Gasteiger partial charge on any atom is -0.464 e. The van der Waals surface area contributed by atoms with E-state index in [0.29, 0.717) is 13.0 Å². The molecule has 0 aromatic rings. The molecule has 86 valence electrons. The normalized spacial score (nSPS) is 10.8. The number of hydrogen-bond acceptors (Lipinski definition) is 4. The molecule has 0 N–H and O–H groups in total. The average molecular weight is 229 g/mol. The van der Waals surface area contributed by atoms with E-state index >= 15 is 0 Å². The van der Waals surface area contributed by atoms with Crippen LogP contribution in [-0.2, 0) is 14.0 Å². The predicted molar refractivity (Wildman–Crippen MR) is 59.7 cm³/mol. The van der Waals surface area contributed by atoms with Crippen LogP contribution in [-0.4, -0.2) is 27.5 Å². The zero-order chi connectivity index (χ0) is 11.7. The summed E-state index contributed by atoms with van der Waals surface area (Å²) in [5, 5.41) is 8.40. The van der Waals surface area contributed by atoms with E-state index in [1.807, 2.05) is 13.1 Å². The number of nitriles is 1. The lowest BCUT2D eigenvalue weighted by Gasteiger charge is -2.21. The van der Waals surface area contributed by atoms with Gasteiger partial charge < -0.3 is 9.16 Å². The van der Waals surface area contributed by atoms with E-state index in [-0.39, 0.29) is 12.6 Å². The Hall–Kier alpha value is -0.863. The standard InChI is InChI=1S/C10H19NO3Si/c1-4-13-10(12)9-14-15(2,3)8-6-5-7-11/h4-6,8-9H2,1-3H3. The van der Waals surface area contributed by atoms with Crippen molar-refractivity contribution in [2.24, 2.45) is 0 Å². The van der Waals surface area contributed by atoms with Crippen molar-refractivity contribution < 1.29 is 14.0 Å². The Balaban J connectivity index is 3.73. The molecule has 4 nitrogen and oxygen atoms in total. The molecule has 5 heteroatoms. The third kappa shape index (κ3) is 8.15. The van der Waals surface area contributed by atoms with Gasteiger partial charge in [-0.2, -0.15) is 5.26 Å². The van der Waals surface area contributed by atoms with Crippen LogP contribution in [0.4, 0.5) is 0 Å². The maximum absolute atomic E-state index is 11.0. The Bertz CT molecular complexity index is 235. The number of rotatable bonds is 7. The van der Waals surface area contributed by atoms with E-state index in [4.69, 9.17) is 14.4 Å². The molecule has 0 atom stereocenters. The minimum atomic E-state index is -1.78. The van der Waals surface area contributed by atoms with Gasteiger partial charge in [-0.3, -0.25) is 0 Å². The summed E-state index contributed by atoms with van der Waals surface area (Å²) in [6.07, 6.45) is 1.40. The van der Waals surface area contributed by atoms with Crippen LogP contribution in [0.25, 0.3) is 0 Å². The van der Waals surface area contributed by atoms with Gasteiger partial charge in [0.15, 0.2) is 8.32 Å². The number of carbonyl (C=O) groups excluding carboxylic acids is 1. The van der Waals surface area contributed by atoms with E-state index in [1.165, 1.54) is 0 Å². The topological polar surface area (TPSA) is 59.3 Å². The van der Waals surface area contributed by atoms with Gasteiger partial charge in [0.2, 0.25) is 0 Å². The van der Waals surface area contributed by atoms with Gasteiger partial charge in [-0.1, -0.05) is 0 Å². The smallest absolute Gasteiger partial charge is 0.330 e. The molecular formula is C10H19NO3Si. The number of esters is 1. The molecule has 0 fully saturated rings. The van der Waals surface area contributed by atoms with Crippen LogP contribution in [0, 0.1) is 11.3 Å². The predicted octanol–water partition coefficient (Wildman–Crippen LogP) is 2.07. The first-order valence-electron chi connectivity index (χ1n) is 5.18. The second-order valence-corrected chi connectivity index (χ2v) is 8.17. The average Bonchev–Trinajstić information content (AvgIpc) is 2.16. The van der Waals surface area contributed by atoms with Gasteiger partial charge in [-0.05, 0) is 32.5 Å². The summed E-state index contributed by atoms with van der Waals surface area (Å²) < 4.78 is 10.3. The molecule has 15 heavy (non-hydrogen) atoms. The van der Waals surface area contributed by atoms with Crippen LogP contribution in [0.2, 0.25) is 19.1 Å². The number of ether oxygens (including phenoxy) is 1. The Morgan fingerprint density at radius 1 is 1.47 bits per heavy atom. The maximum Gasteiger partial charge on any atom is 0.330 e. The van der Waals surface area contributed by atoms with Gasteiger partial charge in [0, 0.05) is 6.42 Å². The van der Waals surface area contributed by atoms with E-state index in [9.17, 15) is 4.79 Å². The highest BCUT2D eigenvalue weighted by molar-refractivity contribution is 6.71. The molecule has 0 saturated heterocycles. The van der Waals surface area contributed by atoms with Crippen LogP contribution in [0.1, 0.15) is 19.8 Å². The molecule has 0 heterocycles. The number of nitrogens with zero attached hydrogens (tertiary/aromatic N) is 1. The van der Waals surface area contributed by atoms with E-state index in [2.05, 4.69) is 6.07 Å². The zero-order valence-corrected chi connectivity index (χ0v) is 10.7. The van der Waals surface area contributed by atoms with Crippen molar-refractivity contribution in [3.05, 3.63) is 0 Å². The first-order chi connectivity index (χ1) is 7.02. The summed E-state index contributed by atoms with van der Waals surface area (Å²) in [6, 6.07) is 3.00. The minimum absolute atomic E-state index is 0.0413. The Morgan fingerprint density at radius 2 is 2.13 bits per heavy atom. The molecule has 0 amide bonds. The van der Waals surface area contributed by atoms with Gasteiger partial charge in [-0.25, -0.2) is 4.79 Å². The molecule has 0 radical (unpaired) electrons. The largest absolute Gasteiger partial charge is 0.464 e. The third-order valence-electron chi connectivity index (χ3n) is 1.95. The molecule has 0 aromatic heterocycles. The lowest BCUT2D eigenvalue weighted by Crippen LogP contribution is -2.33. The quantitative estimate of drug-likeness (QED) is 0.381. The number of carbonyl (C=O) groups is 1. The van der Waals surface area contributed by atoms with Gasteiger partial charge in [0.25, 0.3) is 0 Å². The summed E-state index contributed by atoms with van der Waals surface area (Å²) in [4.78, 5) is 11.0. The summed E-state index contributed by atoms with van der Waals surface area (Å²) in [6.45, 7) is 6.29. The second-order valence-electron chi connectivity index (χ2n) is 3.87. The molecule has 0 aliphatic rings. The lowest BCUT2D eigenvalue weighted by molar-refractivity contribution is -0.145. The monoisotopic (exact) mass is 229 g/mol. The summed E-state index contributed by atoms with van der Waals surface area (Å²) >= 11 is 0. The highest BCUT2D eigenvalue weighted by Gasteiger charge is 2.23. The van der Waals surface area contributed by atoms with Crippen LogP contribution in [0.5, 0.6) is 0 Å². The number of unbranched alkanes of at least 4 members (excludes halogenated alkanes) is 1. The SMILES string of the molecule is CCOC(=O)CO[Si](C)(C)CCCC#N. The van der Waals surface area contributed by atoms with Crippen molar-refractivity contribution in [2.45, 2.75) is 38.9 Å². The van der Waals surface area contributed by atoms with Crippen molar-refractivity contribution in [2.75, 3.05) is 13.2 Å². The van der Waals surface area contributed by atoms with Crippen molar-refractivity contribution in [3.63, 3.8) is 0 Å². The summed E-state index contributed by atoms with van der Waals surface area (Å²) in [7, 11) is -1.78. The Labute approximate surface area is 92.3 Å². The van der Waals surface area contributed by atoms with E-state index < -0.39 is 8.32 Å². The van der Waals surface area contributed by atoms with Crippen LogP contribution in [0.3, 0.4) is 0 Å². The first kappa shape index (κ1) is 14.1. The van der Waals surface area contributed by atoms with Gasteiger partial charge in [-0.15, -0.1) is 0 Å². The molecule has 0 rings (SSSR count). The fourth-order valence-corrected chi connectivity index (χ4v) is 2.80. The van der Waals surface area contributed by atoms with Gasteiger partial charge in [0.05, 0.1) is 12.7 Å². The fourth-order valence-electron chi connectivity index (χ4n) is 1.12. The molecule has 0 saturated carbocycles. The highest BCUT2D eigenvalue weighted by Crippen LogP contribution is 2.14. The maximum atomic E-state index is 11.0. The molecule has 0 aliphatic carbocycles. The van der Waals surface area contributed by atoms with E-state index in [1.54, 1.807) is 6.92 Å². The van der Waals surface area contributed by atoms with Crippen molar-refractivity contribution >= 4 is 14.3 Å². The highest BCUT2D eigenvalue weighted by atomic mass is 28.4. The van der Waals surface area contributed by atoms with Crippen molar-refractivity contribution in [3.8, 4) is 6.07 Å². The lowest BCUT2D eigenvalue weighted by atomic mass is 10.4. The molecule has 0 aromatic carbocycles. The van der Waals surface area contributed by atoms with E-state index in [0.717, 1.165) is 12.5 Å². The van der Waals surface area contributed by atoms with Crippen LogP contribution < -0.4 is 0 Å².